The van der Waals surface area contributed by atoms with Crippen molar-refractivity contribution in [2.75, 3.05) is 26.4 Å². The zero-order valence-electron chi connectivity index (χ0n) is 17.7. The van der Waals surface area contributed by atoms with Gasteiger partial charge in [0.1, 0.15) is 6.61 Å². The first-order chi connectivity index (χ1) is 12.7. The van der Waals surface area contributed by atoms with Gasteiger partial charge in [0.2, 0.25) is 0 Å². The molecule has 156 valence electrons. The van der Waals surface area contributed by atoms with E-state index in [2.05, 4.69) is 13.8 Å². The Labute approximate surface area is 162 Å². The van der Waals surface area contributed by atoms with Gasteiger partial charge in [0.15, 0.2) is 0 Å². The second-order valence-electron chi connectivity index (χ2n) is 7.23. The predicted molar refractivity (Wildman–Crippen MR) is 109 cm³/mol. The van der Waals surface area contributed by atoms with E-state index in [1.807, 2.05) is 0 Å². The van der Waals surface area contributed by atoms with E-state index in [1.54, 1.807) is 0 Å². The van der Waals surface area contributed by atoms with E-state index in [9.17, 15) is 4.79 Å². The van der Waals surface area contributed by atoms with Crippen molar-refractivity contribution in [3.63, 3.8) is 0 Å². The smallest absolute Gasteiger partial charge is 0.302 e. The van der Waals surface area contributed by atoms with E-state index >= 15 is 0 Å². The predicted octanol–water partition coefficient (Wildman–Crippen LogP) is 6.06. The summed E-state index contributed by atoms with van der Waals surface area (Å²) in [7, 11) is 0. The second kappa shape index (κ2) is 20.7. The van der Waals surface area contributed by atoms with Gasteiger partial charge in [-0.1, -0.05) is 84.5 Å². The van der Waals surface area contributed by atoms with Gasteiger partial charge in [-0.05, 0) is 12.8 Å². The summed E-state index contributed by atoms with van der Waals surface area (Å²) in [6.45, 7) is 8.05. The summed E-state index contributed by atoms with van der Waals surface area (Å²) in [6, 6.07) is 0. The van der Waals surface area contributed by atoms with Gasteiger partial charge in [-0.3, -0.25) is 4.79 Å². The molecule has 0 N–H and O–H groups in total. The summed E-state index contributed by atoms with van der Waals surface area (Å²) in [5.74, 6) is -0.255. The van der Waals surface area contributed by atoms with Crippen LogP contribution in [-0.4, -0.2) is 38.5 Å². The maximum atomic E-state index is 10.7. The van der Waals surface area contributed by atoms with Gasteiger partial charge < -0.3 is 14.2 Å². The van der Waals surface area contributed by atoms with Gasteiger partial charge in [-0.15, -0.1) is 0 Å². The first-order valence-electron chi connectivity index (χ1n) is 11.0. The molecule has 0 aliphatic rings. The zero-order valence-corrected chi connectivity index (χ0v) is 17.7. The lowest BCUT2D eigenvalue weighted by Crippen LogP contribution is -2.22. The Kier molecular flexibility index (Phi) is 20.2. The van der Waals surface area contributed by atoms with E-state index in [1.165, 1.54) is 71.1 Å². The van der Waals surface area contributed by atoms with Crippen molar-refractivity contribution in [1.82, 2.24) is 0 Å². The standard InChI is InChI=1S/C22H44O4/c1-4-6-8-9-10-11-12-13-14-15-16-22(26-17-7-5-2)20-24-18-19-25-21(3)23/h22H,4-20H2,1-3H3. The highest BCUT2D eigenvalue weighted by atomic mass is 16.6. The number of hydrogen-bond acceptors (Lipinski definition) is 4. The molecule has 0 aromatic heterocycles. The minimum atomic E-state index is -0.255. The molecule has 0 saturated carbocycles. The van der Waals surface area contributed by atoms with E-state index < -0.39 is 0 Å². The number of rotatable bonds is 20. The summed E-state index contributed by atoms with van der Waals surface area (Å²) < 4.78 is 16.5. The molecule has 26 heavy (non-hydrogen) atoms. The second-order valence-corrected chi connectivity index (χ2v) is 7.23. The van der Waals surface area contributed by atoms with Crippen LogP contribution in [0, 0.1) is 0 Å². The molecule has 0 aliphatic heterocycles. The molecule has 0 heterocycles. The number of unbranched alkanes of at least 4 members (excludes halogenated alkanes) is 10. The van der Waals surface area contributed by atoms with Crippen molar-refractivity contribution in [1.29, 1.82) is 0 Å². The summed E-state index contributed by atoms with van der Waals surface area (Å²) in [6.07, 6.45) is 17.0. The van der Waals surface area contributed by atoms with Crippen molar-refractivity contribution in [2.45, 2.75) is 110 Å². The Balaban J connectivity index is 3.64. The number of hydrogen-bond donors (Lipinski definition) is 0. The van der Waals surface area contributed by atoms with Gasteiger partial charge in [0.25, 0.3) is 0 Å². The third-order valence-corrected chi connectivity index (χ3v) is 4.57. The van der Waals surface area contributed by atoms with Crippen LogP contribution in [0.2, 0.25) is 0 Å². The number of esters is 1. The zero-order chi connectivity index (χ0) is 19.3. The molecule has 0 rings (SSSR count). The molecule has 0 radical (unpaired) electrons. The van der Waals surface area contributed by atoms with E-state index in [0.717, 1.165) is 25.9 Å². The van der Waals surface area contributed by atoms with E-state index in [4.69, 9.17) is 14.2 Å². The number of ether oxygens (including phenoxy) is 3. The normalized spacial score (nSPS) is 12.3. The largest absolute Gasteiger partial charge is 0.463 e. The maximum absolute atomic E-state index is 10.7. The monoisotopic (exact) mass is 372 g/mol. The fourth-order valence-corrected chi connectivity index (χ4v) is 2.93. The highest BCUT2D eigenvalue weighted by Gasteiger charge is 2.09. The fourth-order valence-electron chi connectivity index (χ4n) is 2.93. The van der Waals surface area contributed by atoms with Gasteiger partial charge in [0, 0.05) is 13.5 Å². The fraction of sp³-hybridized carbons (Fsp3) is 0.955. The van der Waals surface area contributed by atoms with Crippen LogP contribution in [0.15, 0.2) is 0 Å². The van der Waals surface area contributed by atoms with Crippen molar-refractivity contribution < 1.29 is 19.0 Å². The minimum absolute atomic E-state index is 0.174. The Morgan fingerprint density at radius 3 is 1.88 bits per heavy atom. The average molecular weight is 373 g/mol. The lowest BCUT2D eigenvalue weighted by atomic mass is 10.0. The Morgan fingerprint density at radius 1 is 0.731 bits per heavy atom. The summed E-state index contributed by atoms with van der Waals surface area (Å²) in [4.78, 5) is 10.7. The molecule has 0 fully saturated rings. The van der Waals surface area contributed by atoms with Crippen LogP contribution in [0.5, 0.6) is 0 Å². The molecule has 0 aromatic carbocycles. The van der Waals surface area contributed by atoms with E-state index in [0.29, 0.717) is 19.8 Å². The van der Waals surface area contributed by atoms with Crippen LogP contribution in [0.3, 0.4) is 0 Å². The number of carbonyl (C=O) groups is 1. The topological polar surface area (TPSA) is 44.8 Å². The van der Waals surface area contributed by atoms with Crippen LogP contribution < -0.4 is 0 Å². The Bertz CT molecular complexity index is 294. The van der Waals surface area contributed by atoms with Gasteiger partial charge in [0.05, 0.1) is 19.3 Å². The summed E-state index contributed by atoms with van der Waals surface area (Å²) in [5, 5.41) is 0. The highest BCUT2D eigenvalue weighted by molar-refractivity contribution is 5.65. The van der Waals surface area contributed by atoms with Crippen LogP contribution >= 0.6 is 0 Å². The Hall–Kier alpha value is -0.610. The highest BCUT2D eigenvalue weighted by Crippen LogP contribution is 2.13. The lowest BCUT2D eigenvalue weighted by Gasteiger charge is -2.18. The van der Waals surface area contributed by atoms with Crippen molar-refractivity contribution in [3.05, 3.63) is 0 Å². The third-order valence-electron chi connectivity index (χ3n) is 4.57. The molecule has 0 amide bonds. The van der Waals surface area contributed by atoms with Crippen molar-refractivity contribution in [2.24, 2.45) is 0 Å². The van der Waals surface area contributed by atoms with Gasteiger partial charge in [-0.25, -0.2) is 0 Å². The van der Waals surface area contributed by atoms with Crippen molar-refractivity contribution in [3.8, 4) is 0 Å². The van der Waals surface area contributed by atoms with Crippen molar-refractivity contribution >= 4 is 5.97 Å². The molecule has 4 heteroatoms. The van der Waals surface area contributed by atoms with Gasteiger partial charge >= 0.3 is 5.97 Å². The first kappa shape index (κ1) is 25.4. The van der Waals surface area contributed by atoms with Crippen LogP contribution in [0.1, 0.15) is 104 Å². The molecule has 0 spiro atoms. The molecule has 1 unspecified atom stereocenters. The van der Waals surface area contributed by atoms with E-state index in [-0.39, 0.29) is 12.1 Å². The molecule has 0 aliphatic carbocycles. The lowest BCUT2D eigenvalue weighted by molar-refractivity contribution is -0.143. The third kappa shape index (κ3) is 19.7. The molecule has 0 saturated heterocycles. The summed E-state index contributed by atoms with van der Waals surface area (Å²) >= 11 is 0. The number of carbonyl (C=O) groups excluding carboxylic acids is 1. The van der Waals surface area contributed by atoms with Crippen LogP contribution in [0.4, 0.5) is 0 Å². The molecule has 0 aromatic rings. The molecular weight excluding hydrogens is 328 g/mol. The SMILES string of the molecule is CCCCCCCCCCCCC(COCCOC(C)=O)OCCCC. The maximum Gasteiger partial charge on any atom is 0.302 e. The molecule has 4 nitrogen and oxygen atoms in total. The minimum Gasteiger partial charge on any atom is -0.463 e. The Morgan fingerprint density at radius 2 is 1.31 bits per heavy atom. The van der Waals surface area contributed by atoms with Gasteiger partial charge in [-0.2, -0.15) is 0 Å². The first-order valence-corrected chi connectivity index (χ1v) is 11.0. The molecular formula is C22H44O4. The van der Waals surface area contributed by atoms with Crippen LogP contribution in [-0.2, 0) is 19.0 Å². The molecule has 1 atom stereocenters. The summed E-state index contributed by atoms with van der Waals surface area (Å²) in [5.41, 5.74) is 0. The quantitative estimate of drug-likeness (QED) is 0.192. The van der Waals surface area contributed by atoms with Crippen LogP contribution in [0.25, 0.3) is 0 Å². The average Bonchev–Trinajstić information content (AvgIpc) is 2.62. The molecule has 0 bridgehead atoms.